The van der Waals surface area contributed by atoms with Crippen molar-refractivity contribution in [1.29, 1.82) is 0 Å². The summed E-state index contributed by atoms with van der Waals surface area (Å²) >= 11 is 0. The Bertz CT molecular complexity index is 1430. The van der Waals surface area contributed by atoms with Crippen molar-refractivity contribution >= 4 is 11.6 Å². The van der Waals surface area contributed by atoms with Crippen molar-refractivity contribution in [3.05, 3.63) is 85.0 Å². The zero-order valence-corrected chi connectivity index (χ0v) is 19.0. The van der Waals surface area contributed by atoms with Gasteiger partial charge in [0.15, 0.2) is 0 Å². The highest BCUT2D eigenvalue weighted by Crippen LogP contribution is 2.35. The molecule has 2 aliphatic heterocycles. The van der Waals surface area contributed by atoms with Crippen LogP contribution < -0.4 is 15.9 Å². The number of rotatable bonds is 5. The first kappa shape index (κ1) is 22.5. The molecule has 0 radical (unpaired) electrons. The van der Waals surface area contributed by atoms with E-state index in [1.54, 1.807) is 36.3 Å². The molecule has 1 saturated heterocycles. The number of amides is 1. The van der Waals surface area contributed by atoms with Gasteiger partial charge in [0.1, 0.15) is 12.3 Å². The summed E-state index contributed by atoms with van der Waals surface area (Å²) in [5.41, 5.74) is 0.626. The molecule has 2 aliphatic rings. The van der Waals surface area contributed by atoms with Crippen molar-refractivity contribution < 1.29 is 14.5 Å². The first-order valence-electron chi connectivity index (χ1n) is 11.2. The highest BCUT2D eigenvalue weighted by molar-refractivity contribution is 5.76. The standard InChI is InChI=1S/C24H23N5O6/c1-35-18-4-2-16(3-5-18)19-6-9-22(30)28(25-19)14-23(31)26-11-15-10-17(13-26)20-7-8-21(29(33)34)24(32)27(20)12-15/h2-9,15,17H,10-14H2,1H3/t15-,17?/m0/s1. The summed E-state index contributed by atoms with van der Waals surface area (Å²) < 4.78 is 7.81. The van der Waals surface area contributed by atoms with Crippen LogP contribution >= 0.6 is 0 Å². The van der Waals surface area contributed by atoms with E-state index in [0.717, 1.165) is 16.7 Å². The van der Waals surface area contributed by atoms with E-state index in [2.05, 4.69) is 5.10 Å². The number of carbonyl (C=O) groups is 1. The van der Waals surface area contributed by atoms with Crippen LogP contribution in [-0.2, 0) is 17.9 Å². The molecule has 0 saturated carbocycles. The van der Waals surface area contributed by atoms with Crippen LogP contribution in [-0.4, -0.2) is 50.3 Å². The third-order valence-corrected chi connectivity index (χ3v) is 6.67. The van der Waals surface area contributed by atoms with Crippen LogP contribution in [0.1, 0.15) is 18.0 Å². The van der Waals surface area contributed by atoms with Crippen LogP contribution in [0.25, 0.3) is 11.3 Å². The molecule has 2 aromatic heterocycles. The van der Waals surface area contributed by atoms with Gasteiger partial charge in [0.2, 0.25) is 5.91 Å². The number of nitrogens with zero attached hydrogens (tertiary/aromatic N) is 5. The van der Waals surface area contributed by atoms with Crippen molar-refractivity contribution in [2.75, 3.05) is 20.2 Å². The molecule has 1 aromatic carbocycles. The van der Waals surface area contributed by atoms with Gasteiger partial charge in [-0.1, -0.05) is 0 Å². The second-order valence-corrected chi connectivity index (χ2v) is 8.86. The van der Waals surface area contributed by atoms with E-state index in [0.29, 0.717) is 36.8 Å². The van der Waals surface area contributed by atoms with Gasteiger partial charge < -0.3 is 14.2 Å². The SMILES string of the molecule is COc1ccc(-c2ccc(=O)n(CC(=O)N3CC4C[C@@H](C3)Cn3c4ccc([N+](=O)[O-])c3=O)n2)cc1. The highest BCUT2D eigenvalue weighted by Gasteiger charge is 2.37. The number of nitro groups is 1. The average molecular weight is 477 g/mol. The van der Waals surface area contributed by atoms with E-state index in [-0.39, 0.29) is 29.8 Å². The quantitative estimate of drug-likeness (QED) is 0.403. The normalized spacial score (nSPS) is 18.6. The Morgan fingerprint density at radius 3 is 2.57 bits per heavy atom. The van der Waals surface area contributed by atoms with Gasteiger partial charge in [0, 0.05) is 48.9 Å². The largest absolute Gasteiger partial charge is 0.497 e. The lowest BCUT2D eigenvalue weighted by atomic mass is 9.83. The van der Waals surface area contributed by atoms with Crippen molar-refractivity contribution in [1.82, 2.24) is 19.2 Å². The minimum Gasteiger partial charge on any atom is -0.497 e. The third-order valence-electron chi connectivity index (χ3n) is 6.67. The number of carbonyl (C=O) groups excluding carboxylic acids is 1. The molecule has 3 aromatic rings. The number of hydrogen-bond acceptors (Lipinski definition) is 7. The second kappa shape index (κ2) is 8.82. The average Bonchev–Trinajstić information content (AvgIpc) is 2.85. The molecular weight excluding hydrogens is 454 g/mol. The molecule has 1 amide bonds. The van der Waals surface area contributed by atoms with Gasteiger partial charge >= 0.3 is 11.2 Å². The van der Waals surface area contributed by atoms with E-state index in [1.807, 2.05) is 12.1 Å². The van der Waals surface area contributed by atoms with Gasteiger partial charge in [-0.3, -0.25) is 24.5 Å². The molecule has 35 heavy (non-hydrogen) atoms. The van der Waals surface area contributed by atoms with Crippen LogP contribution in [0.3, 0.4) is 0 Å². The number of ether oxygens (including phenoxy) is 1. The number of aromatic nitrogens is 3. The Morgan fingerprint density at radius 1 is 1.09 bits per heavy atom. The number of fused-ring (bicyclic) bond motifs is 4. The molecule has 2 atom stereocenters. The van der Waals surface area contributed by atoms with Gasteiger partial charge in [0.05, 0.1) is 17.7 Å². The summed E-state index contributed by atoms with van der Waals surface area (Å²) in [6.45, 7) is 0.910. The summed E-state index contributed by atoms with van der Waals surface area (Å²) in [7, 11) is 1.58. The van der Waals surface area contributed by atoms with Gasteiger partial charge in [-0.25, -0.2) is 4.68 Å². The fourth-order valence-electron chi connectivity index (χ4n) is 4.98. The smallest absolute Gasteiger partial charge is 0.334 e. The number of likely N-dealkylation sites (tertiary alicyclic amines) is 1. The van der Waals surface area contributed by atoms with Gasteiger partial charge in [0.25, 0.3) is 5.56 Å². The predicted octanol–water partition coefficient (Wildman–Crippen LogP) is 1.63. The summed E-state index contributed by atoms with van der Waals surface area (Å²) in [5, 5.41) is 15.5. The number of piperidine rings is 1. The lowest BCUT2D eigenvalue weighted by molar-refractivity contribution is -0.386. The lowest BCUT2D eigenvalue weighted by Gasteiger charge is -2.42. The van der Waals surface area contributed by atoms with Crippen molar-refractivity contribution in [2.45, 2.75) is 25.4 Å². The number of benzene rings is 1. The van der Waals surface area contributed by atoms with Gasteiger partial charge in [-0.2, -0.15) is 5.10 Å². The van der Waals surface area contributed by atoms with Crippen LogP contribution in [0.4, 0.5) is 5.69 Å². The molecule has 11 heteroatoms. The topological polar surface area (TPSA) is 130 Å². The molecule has 0 N–H and O–H groups in total. The minimum absolute atomic E-state index is 0.000202. The Kier molecular flexibility index (Phi) is 5.67. The molecule has 11 nitrogen and oxygen atoms in total. The van der Waals surface area contributed by atoms with E-state index in [9.17, 15) is 24.5 Å². The fourth-order valence-corrected chi connectivity index (χ4v) is 4.98. The summed E-state index contributed by atoms with van der Waals surface area (Å²) in [4.78, 5) is 50.3. The van der Waals surface area contributed by atoms with Crippen LogP contribution in [0, 0.1) is 16.0 Å². The molecular formula is C24H23N5O6. The van der Waals surface area contributed by atoms with Gasteiger partial charge in [-0.05, 0) is 48.7 Å². The van der Waals surface area contributed by atoms with Crippen LogP contribution in [0.5, 0.6) is 5.75 Å². The summed E-state index contributed by atoms with van der Waals surface area (Å²) in [6.07, 6.45) is 0.798. The monoisotopic (exact) mass is 477 g/mol. The Hall–Kier alpha value is -4.28. The van der Waals surface area contributed by atoms with E-state index >= 15 is 0 Å². The molecule has 5 rings (SSSR count). The Labute approximate surface area is 199 Å². The fraction of sp³-hybridized carbons (Fsp3) is 0.333. The molecule has 4 heterocycles. The van der Waals surface area contributed by atoms with Crippen molar-refractivity contribution in [3.63, 3.8) is 0 Å². The highest BCUT2D eigenvalue weighted by atomic mass is 16.6. The van der Waals surface area contributed by atoms with Crippen LogP contribution in [0.15, 0.2) is 58.1 Å². The summed E-state index contributed by atoms with van der Waals surface area (Å²) in [5.74, 6) is 0.362. The lowest BCUT2D eigenvalue weighted by Crippen LogP contribution is -2.50. The van der Waals surface area contributed by atoms with Crippen LogP contribution in [0.2, 0.25) is 0 Å². The second-order valence-electron chi connectivity index (χ2n) is 8.86. The number of pyridine rings is 1. The van der Waals surface area contributed by atoms with Crippen molar-refractivity contribution in [2.24, 2.45) is 5.92 Å². The first-order valence-corrected chi connectivity index (χ1v) is 11.2. The maximum Gasteiger partial charge on any atom is 0.334 e. The third kappa shape index (κ3) is 4.20. The molecule has 1 unspecified atom stereocenters. The Morgan fingerprint density at radius 2 is 1.86 bits per heavy atom. The predicted molar refractivity (Wildman–Crippen MR) is 125 cm³/mol. The zero-order valence-electron chi connectivity index (χ0n) is 19.0. The van der Waals surface area contributed by atoms with E-state index in [1.165, 1.54) is 16.7 Å². The number of hydrogen-bond donors (Lipinski definition) is 0. The zero-order chi connectivity index (χ0) is 24.7. The molecule has 180 valence electrons. The molecule has 2 bridgehead atoms. The molecule has 0 aliphatic carbocycles. The van der Waals surface area contributed by atoms with Crippen molar-refractivity contribution in [3.8, 4) is 17.0 Å². The van der Waals surface area contributed by atoms with E-state index in [4.69, 9.17) is 4.74 Å². The molecule has 0 spiro atoms. The minimum atomic E-state index is -0.666. The van der Waals surface area contributed by atoms with E-state index < -0.39 is 16.2 Å². The number of methoxy groups -OCH3 is 1. The first-order chi connectivity index (χ1) is 16.8. The maximum atomic E-state index is 13.2. The van der Waals surface area contributed by atoms with Gasteiger partial charge in [-0.15, -0.1) is 0 Å². The Balaban J connectivity index is 1.35. The molecule has 1 fully saturated rings. The maximum absolute atomic E-state index is 13.2. The summed E-state index contributed by atoms with van der Waals surface area (Å²) in [6, 6.07) is 13.1.